The van der Waals surface area contributed by atoms with Crippen molar-refractivity contribution in [2.75, 3.05) is 19.6 Å². The van der Waals surface area contributed by atoms with Crippen LogP contribution in [0.4, 0.5) is 0 Å². The molecule has 2 N–H and O–H groups in total. The van der Waals surface area contributed by atoms with E-state index < -0.39 is 5.54 Å². The Balaban J connectivity index is 1.64. The first kappa shape index (κ1) is 21.3. The number of benzene rings is 1. The molecule has 2 heterocycles. The van der Waals surface area contributed by atoms with Crippen LogP contribution < -0.4 is 5.73 Å². The summed E-state index contributed by atoms with van der Waals surface area (Å²) >= 11 is 0. The largest absolute Gasteiger partial charge is 0.369 e. The summed E-state index contributed by atoms with van der Waals surface area (Å²) in [6, 6.07) is 9.89. The van der Waals surface area contributed by atoms with E-state index in [9.17, 15) is 9.59 Å². The topological polar surface area (TPSA) is 79.0 Å². The van der Waals surface area contributed by atoms with Crippen molar-refractivity contribution in [3.63, 3.8) is 0 Å². The van der Waals surface area contributed by atoms with Gasteiger partial charge in [0.25, 0.3) is 5.91 Å². The van der Waals surface area contributed by atoms with E-state index in [4.69, 9.17) is 5.73 Å². The Morgan fingerprint density at radius 3 is 2.62 bits per heavy atom. The number of aliphatic imine (C=N–C) groups is 1. The minimum absolute atomic E-state index is 0.00944. The molecule has 0 saturated carbocycles. The molecule has 3 unspecified atom stereocenters. The molecule has 6 nitrogen and oxygen atoms in total. The van der Waals surface area contributed by atoms with E-state index in [-0.39, 0.29) is 23.7 Å². The Morgan fingerprint density at radius 1 is 1.28 bits per heavy atom. The van der Waals surface area contributed by atoms with Gasteiger partial charge < -0.3 is 10.6 Å². The normalized spacial score (nSPS) is 26.0. The zero-order valence-electron chi connectivity index (χ0n) is 18.1. The second-order valence-corrected chi connectivity index (χ2v) is 9.18. The zero-order valence-corrected chi connectivity index (χ0v) is 18.1. The van der Waals surface area contributed by atoms with Crippen LogP contribution in [0.3, 0.4) is 0 Å². The maximum atomic E-state index is 13.0. The molecule has 1 aromatic rings. The van der Waals surface area contributed by atoms with Crippen molar-refractivity contribution in [1.82, 2.24) is 9.80 Å². The van der Waals surface area contributed by atoms with Gasteiger partial charge in [-0.1, -0.05) is 44.2 Å². The predicted molar refractivity (Wildman–Crippen MR) is 115 cm³/mol. The monoisotopic (exact) mass is 398 g/mol. The Morgan fingerprint density at radius 2 is 1.97 bits per heavy atom. The highest BCUT2D eigenvalue weighted by molar-refractivity contribution is 6.06. The maximum Gasteiger partial charge on any atom is 0.257 e. The summed E-state index contributed by atoms with van der Waals surface area (Å²) < 4.78 is 0. The van der Waals surface area contributed by atoms with Gasteiger partial charge in [0.2, 0.25) is 5.91 Å². The quantitative estimate of drug-likeness (QED) is 0.800. The van der Waals surface area contributed by atoms with Crippen molar-refractivity contribution in [2.24, 2.45) is 22.6 Å². The van der Waals surface area contributed by atoms with Crippen LogP contribution in [0.1, 0.15) is 58.4 Å². The molecule has 1 saturated heterocycles. The average Bonchev–Trinajstić information content (AvgIpc) is 2.90. The van der Waals surface area contributed by atoms with Crippen molar-refractivity contribution in [3.8, 4) is 0 Å². The number of carbonyl (C=O) groups excluding carboxylic acids is 2. The molecule has 3 atom stereocenters. The summed E-state index contributed by atoms with van der Waals surface area (Å²) in [7, 11) is 0. The standard InChI is InChI=1S/C23H34N4O2/c1-16(2)13-23(4)21(29)27(22(24)25-23)15-18-9-8-12-26(14-18)20(28)17(3)19-10-6-5-7-11-19/h5-7,10-11,16-18H,8-9,12-15H2,1-4H3,(H2,24,25). The lowest BCUT2D eigenvalue weighted by atomic mass is 9.90. The summed E-state index contributed by atoms with van der Waals surface area (Å²) in [6.07, 6.45) is 2.62. The molecule has 1 aromatic carbocycles. The minimum Gasteiger partial charge on any atom is -0.369 e. The number of hydrogen-bond donors (Lipinski definition) is 1. The third kappa shape index (κ3) is 4.62. The lowest BCUT2D eigenvalue weighted by Gasteiger charge is -2.36. The van der Waals surface area contributed by atoms with E-state index in [0.717, 1.165) is 24.9 Å². The molecule has 6 heteroatoms. The van der Waals surface area contributed by atoms with Crippen molar-refractivity contribution in [2.45, 2.75) is 58.4 Å². The number of piperidine rings is 1. The maximum absolute atomic E-state index is 13.0. The molecule has 2 aliphatic heterocycles. The van der Waals surface area contributed by atoms with Crippen molar-refractivity contribution in [3.05, 3.63) is 35.9 Å². The van der Waals surface area contributed by atoms with Crippen LogP contribution in [0, 0.1) is 11.8 Å². The number of hydrogen-bond acceptors (Lipinski definition) is 4. The van der Waals surface area contributed by atoms with E-state index in [0.29, 0.717) is 31.4 Å². The molecule has 0 aliphatic carbocycles. The second-order valence-electron chi connectivity index (χ2n) is 9.18. The Kier molecular flexibility index (Phi) is 6.30. The highest BCUT2D eigenvalue weighted by Gasteiger charge is 2.45. The first-order chi connectivity index (χ1) is 13.7. The number of nitrogens with two attached hydrogens (primary N) is 1. The minimum atomic E-state index is -0.760. The lowest BCUT2D eigenvalue weighted by Crippen LogP contribution is -2.49. The molecule has 1 fully saturated rings. The number of carbonyl (C=O) groups is 2. The third-order valence-corrected chi connectivity index (χ3v) is 6.09. The fourth-order valence-electron chi connectivity index (χ4n) is 4.69. The van der Waals surface area contributed by atoms with E-state index in [2.05, 4.69) is 18.8 Å². The first-order valence-corrected chi connectivity index (χ1v) is 10.7. The molecule has 158 valence electrons. The smallest absolute Gasteiger partial charge is 0.257 e. The van der Waals surface area contributed by atoms with Crippen LogP contribution in [0.15, 0.2) is 35.3 Å². The fraction of sp³-hybridized carbons (Fsp3) is 0.609. The van der Waals surface area contributed by atoms with E-state index >= 15 is 0 Å². The Hall–Kier alpha value is -2.37. The van der Waals surface area contributed by atoms with Crippen LogP contribution in [-0.2, 0) is 9.59 Å². The van der Waals surface area contributed by atoms with Gasteiger partial charge in [0.1, 0.15) is 5.54 Å². The summed E-state index contributed by atoms with van der Waals surface area (Å²) in [5.74, 6) is 0.880. The summed E-state index contributed by atoms with van der Waals surface area (Å²) in [4.78, 5) is 34.1. The molecule has 29 heavy (non-hydrogen) atoms. The molecule has 0 radical (unpaired) electrons. The summed E-state index contributed by atoms with van der Waals surface area (Å²) in [5, 5.41) is 0. The third-order valence-electron chi connectivity index (χ3n) is 6.09. The lowest BCUT2D eigenvalue weighted by molar-refractivity contribution is -0.134. The van der Waals surface area contributed by atoms with Crippen LogP contribution in [0.5, 0.6) is 0 Å². The Bertz CT molecular complexity index is 776. The van der Waals surface area contributed by atoms with Gasteiger partial charge in [0, 0.05) is 19.6 Å². The molecule has 3 rings (SSSR count). The van der Waals surface area contributed by atoms with E-state index in [1.54, 1.807) is 4.90 Å². The van der Waals surface area contributed by atoms with Gasteiger partial charge in [0.05, 0.1) is 5.92 Å². The van der Waals surface area contributed by atoms with E-state index in [1.165, 1.54) is 0 Å². The van der Waals surface area contributed by atoms with Gasteiger partial charge in [-0.25, -0.2) is 4.99 Å². The Labute approximate surface area is 174 Å². The number of rotatable bonds is 6. The van der Waals surface area contributed by atoms with Gasteiger partial charge >= 0.3 is 0 Å². The zero-order chi connectivity index (χ0) is 21.2. The van der Waals surface area contributed by atoms with Gasteiger partial charge in [-0.15, -0.1) is 0 Å². The van der Waals surface area contributed by atoms with Crippen LogP contribution in [0.25, 0.3) is 0 Å². The van der Waals surface area contributed by atoms with Crippen molar-refractivity contribution >= 4 is 17.8 Å². The average molecular weight is 399 g/mol. The van der Waals surface area contributed by atoms with Gasteiger partial charge in [0.15, 0.2) is 5.96 Å². The number of nitrogens with zero attached hydrogens (tertiary/aromatic N) is 3. The van der Waals surface area contributed by atoms with Gasteiger partial charge in [-0.05, 0) is 50.5 Å². The predicted octanol–water partition coefficient (Wildman–Crippen LogP) is 2.99. The number of likely N-dealkylation sites (tertiary alicyclic amines) is 1. The number of guanidine groups is 1. The summed E-state index contributed by atoms with van der Waals surface area (Å²) in [5.41, 5.74) is 6.41. The first-order valence-electron chi connectivity index (χ1n) is 10.7. The second kappa shape index (κ2) is 8.56. The van der Waals surface area contributed by atoms with Gasteiger partial charge in [-0.2, -0.15) is 0 Å². The van der Waals surface area contributed by atoms with Crippen molar-refractivity contribution in [1.29, 1.82) is 0 Å². The highest BCUT2D eigenvalue weighted by atomic mass is 16.2. The fourth-order valence-corrected chi connectivity index (χ4v) is 4.69. The molecule has 2 amide bonds. The molecule has 2 aliphatic rings. The molecular formula is C23H34N4O2. The molecule has 0 spiro atoms. The SMILES string of the molecule is CC(C)CC1(C)N=C(N)N(CC2CCCN(C(=O)C(C)c3ccccc3)C2)C1=O. The van der Waals surface area contributed by atoms with E-state index in [1.807, 2.05) is 49.1 Å². The summed E-state index contributed by atoms with van der Waals surface area (Å²) in [6.45, 7) is 9.99. The molecular weight excluding hydrogens is 364 g/mol. The van der Waals surface area contributed by atoms with Crippen molar-refractivity contribution < 1.29 is 9.59 Å². The highest BCUT2D eigenvalue weighted by Crippen LogP contribution is 2.30. The van der Waals surface area contributed by atoms with Crippen LogP contribution in [-0.4, -0.2) is 52.7 Å². The number of amides is 2. The van der Waals surface area contributed by atoms with Crippen LogP contribution >= 0.6 is 0 Å². The molecule has 0 aromatic heterocycles. The molecule has 0 bridgehead atoms. The van der Waals surface area contributed by atoms with Gasteiger partial charge in [-0.3, -0.25) is 14.5 Å². The van der Waals surface area contributed by atoms with Crippen LogP contribution in [0.2, 0.25) is 0 Å².